The van der Waals surface area contributed by atoms with Gasteiger partial charge in [-0.25, -0.2) is 0 Å². The van der Waals surface area contributed by atoms with Crippen molar-refractivity contribution in [2.24, 2.45) is 5.73 Å². The Morgan fingerprint density at radius 1 is 1.26 bits per heavy atom. The van der Waals surface area contributed by atoms with Gasteiger partial charge in [0, 0.05) is 27.3 Å². The van der Waals surface area contributed by atoms with E-state index in [2.05, 4.69) is 21.2 Å². The molecule has 0 aromatic heterocycles. The number of halogens is 2. The fraction of sp³-hybridized carbons (Fsp3) is 0.0714. The number of benzene rings is 2. The van der Waals surface area contributed by atoms with Crippen molar-refractivity contribution in [3.8, 4) is 0 Å². The second-order valence-corrected chi connectivity index (χ2v) is 5.83. The molecule has 0 aliphatic carbocycles. The average Bonchev–Trinajstić information content (AvgIpc) is 2.37. The van der Waals surface area contributed by atoms with Crippen molar-refractivity contribution < 1.29 is 0 Å². The Bertz CT molecular complexity index is 616. The van der Waals surface area contributed by atoms with Gasteiger partial charge in [0.25, 0.3) is 0 Å². The number of hydrogen-bond acceptors (Lipinski definition) is 2. The van der Waals surface area contributed by atoms with Crippen LogP contribution in [0.5, 0.6) is 0 Å². The first-order valence-electron chi connectivity index (χ1n) is 5.64. The van der Waals surface area contributed by atoms with Gasteiger partial charge in [-0.2, -0.15) is 0 Å². The van der Waals surface area contributed by atoms with Crippen LogP contribution in [0.15, 0.2) is 46.9 Å². The molecule has 0 saturated carbocycles. The third-order valence-corrected chi connectivity index (χ3v) is 3.57. The maximum atomic E-state index is 5.95. The molecule has 0 fully saturated rings. The van der Waals surface area contributed by atoms with Crippen molar-refractivity contribution in [1.29, 1.82) is 0 Å². The van der Waals surface area contributed by atoms with Gasteiger partial charge < -0.3 is 11.1 Å². The maximum Gasteiger partial charge on any atom is 0.106 e. The lowest BCUT2D eigenvalue weighted by Gasteiger charge is -2.12. The molecule has 98 valence electrons. The summed E-state index contributed by atoms with van der Waals surface area (Å²) in [6.45, 7) is 0.664. The van der Waals surface area contributed by atoms with E-state index in [1.165, 1.54) is 0 Å². The average molecular weight is 356 g/mol. The zero-order valence-corrected chi connectivity index (χ0v) is 13.1. The lowest BCUT2D eigenvalue weighted by molar-refractivity contribution is 1.15. The molecule has 0 amide bonds. The molecule has 0 unspecified atom stereocenters. The summed E-state index contributed by atoms with van der Waals surface area (Å²) in [5.74, 6) is 0. The predicted molar refractivity (Wildman–Crippen MR) is 88.8 cm³/mol. The van der Waals surface area contributed by atoms with Crippen LogP contribution in [0.2, 0.25) is 5.02 Å². The van der Waals surface area contributed by atoms with E-state index < -0.39 is 0 Å². The van der Waals surface area contributed by atoms with Crippen LogP contribution in [-0.4, -0.2) is 4.99 Å². The zero-order chi connectivity index (χ0) is 13.8. The van der Waals surface area contributed by atoms with E-state index in [0.717, 1.165) is 26.3 Å². The molecule has 0 spiro atoms. The number of anilines is 1. The first-order chi connectivity index (χ1) is 9.06. The SMILES string of the molecule is NC(=S)c1cc(Br)ccc1NCc1cccc(Cl)c1. The Morgan fingerprint density at radius 2 is 2.05 bits per heavy atom. The number of nitrogens with one attached hydrogen (secondary N) is 1. The molecule has 0 heterocycles. The lowest BCUT2D eigenvalue weighted by atomic mass is 10.1. The van der Waals surface area contributed by atoms with Crippen molar-refractivity contribution in [2.75, 3.05) is 5.32 Å². The predicted octanol–water partition coefficient (Wildman–Crippen LogP) is 4.35. The second-order valence-electron chi connectivity index (χ2n) is 4.04. The topological polar surface area (TPSA) is 38.0 Å². The zero-order valence-electron chi connectivity index (χ0n) is 9.99. The Balaban J connectivity index is 2.17. The van der Waals surface area contributed by atoms with Crippen LogP contribution in [0.25, 0.3) is 0 Å². The fourth-order valence-corrected chi connectivity index (χ4v) is 2.46. The van der Waals surface area contributed by atoms with Crippen molar-refractivity contribution in [3.63, 3.8) is 0 Å². The summed E-state index contributed by atoms with van der Waals surface area (Å²) in [6, 6.07) is 13.5. The molecule has 0 aliphatic heterocycles. The summed E-state index contributed by atoms with van der Waals surface area (Å²) < 4.78 is 0.948. The maximum absolute atomic E-state index is 5.95. The molecular weight excluding hydrogens is 344 g/mol. The molecule has 2 aromatic rings. The van der Waals surface area contributed by atoms with Crippen molar-refractivity contribution in [1.82, 2.24) is 0 Å². The molecule has 0 atom stereocenters. The summed E-state index contributed by atoms with van der Waals surface area (Å²) in [4.78, 5) is 0.370. The highest BCUT2D eigenvalue weighted by atomic mass is 79.9. The normalized spacial score (nSPS) is 10.2. The summed E-state index contributed by atoms with van der Waals surface area (Å²) in [6.07, 6.45) is 0. The Labute approximate surface area is 131 Å². The minimum Gasteiger partial charge on any atom is -0.389 e. The third kappa shape index (κ3) is 3.93. The van der Waals surface area contributed by atoms with Gasteiger partial charge in [-0.15, -0.1) is 0 Å². The summed E-state index contributed by atoms with van der Waals surface area (Å²) in [7, 11) is 0. The van der Waals surface area contributed by atoms with Gasteiger partial charge in [0.2, 0.25) is 0 Å². The Hall–Kier alpha value is -1.10. The van der Waals surface area contributed by atoms with Gasteiger partial charge in [-0.05, 0) is 35.9 Å². The van der Waals surface area contributed by atoms with Crippen molar-refractivity contribution in [3.05, 3.63) is 63.1 Å². The van der Waals surface area contributed by atoms with Gasteiger partial charge in [0.05, 0.1) is 0 Å². The first-order valence-corrected chi connectivity index (χ1v) is 7.22. The van der Waals surface area contributed by atoms with E-state index in [1.54, 1.807) is 0 Å². The monoisotopic (exact) mass is 354 g/mol. The lowest BCUT2D eigenvalue weighted by Crippen LogP contribution is -2.13. The molecular formula is C14H12BrClN2S. The molecule has 2 aromatic carbocycles. The highest BCUT2D eigenvalue weighted by Gasteiger charge is 2.06. The molecule has 2 rings (SSSR count). The molecule has 0 bridgehead atoms. The number of rotatable bonds is 4. The van der Waals surface area contributed by atoms with E-state index in [4.69, 9.17) is 29.6 Å². The standard InChI is InChI=1S/C14H12BrClN2S/c15-10-4-5-13(12(7-10)14(17)19)18-8-9-2-1-3-11(16)6-9/h1-7,18H,8H2,(H2,17,19). The highest BCUT2D eigenvalue weighted by Crippen LogP contribution is 2.22. The van der Waals surface area contributed by atoms with E-state index in [9.17, 15) is 0 Å². The van der Waals surface area contributed by atoms with Crippen LogP contribution in [0.1, 0.15) is 11.1 Å². The number of nitrogens with two attached hydrogens (primary N) is 1. The second kappa shape index (κ2) is 6.37. The quantitative estimate of drug-likeness (QED) is 0.801. The van der Waals surface area contributed by atoms with Crippen molar-refractivity contribution >= 4 is 50.4 Å². The summed E-state index contributed by atoms with van der Waals surface area (Å²) in [5.41, 5.74) is 8.57. The largest absolute Gasteiger partial charge is 0.389 e. The molecule has 0 aliphatic rings. The van der Waals surface area contributed by atoms with E-state index in [1.807, 2.05) is 42.5 Å². The van der Waals surface area contributed by atoms with Crippen LogP contribution >= 0.6 is 39.7 Å². The van der Waals surface area contributed by atoms with Crippen LogP contribution < -0.4 is 11.1 Å². The van der Waals surface area contributed by atoms with Gasteiger partial charge in [0.15, 0.2) is 0 Å². The van der Waals surface area contributed by atoms with Crippen LogP contribution in [0.3, 0.4) is 0 Å². The third-order valence-electron chi connectivity index (χ3n) is 2.62. The van der Waals surface area contributed by atoms with E-state index in [-0.39, 0.29) is 0 Å². The number of thiocarbonyl (C=S) groups is 1. The first kappa shape index (κ1) is 14.3. The van der Waals surface area contributed by atoms with Gasteiger partial charge in [0.1, 0.15) is 4.99 Å². The molecule has 0 radical (unpaired) electrons. The Morgan fingerprint density at radius 3 is 2.74 bits per heavy atom. The van der Waals surface area contributed by atoms with E-state index >= 15 is 0 Å². The number of hydrogen-bond donors (Lipinski definition) is 2. The minimum atomic E-state index is 0.370. The van der Waals surface area contributed by atoms with Gasteiger partial charge >= 0.3 is 0 Å². The molecule has 0 saturated heterocycles. The van der Waals surface area contributed by atoms with Crippen LogP contribution in [0, 0.1) is 0 Å². The smallest absolute Gasteiger partial charge is 0.106 e. The molecule has 5 heteroatoms. The van der Waals surface area contributed by atoms with Crippen molar-refractivity contribution in [2.45, 2.75) is 6.54 Å². The Kier molecular flexibility index (Phi) is 4.80. The summed E-state index contributed by atoms with van der Waals surface area (Å²) >= 11 is 14.4. The van der Waals surface area contributed by atoms with E-state index in [0.29, 0.717) is 11.5 Å². The fourth-order valence-electron chi connectivity index (χ4n) is 1.72. The van der Waals surface area contributed by atoms with Gasteiger partial charge in [-0.3, -0.25) is 0 Å². The minimum absolute atomic E-state index is 0.370. The summed E-state index contributed by atoms with van der Waals surface area (Å²) in [5, 5.41) is 4.04. The van der Waals surface area contributed by atoms with Crippen LogP contribution in [0.4, 0.5) is 5.69 Å². The van der Waals surface area contributed by atoms with Crippen LogP contribution in [-0.2, 0) is 6.54 Å². The molecule has 2 nitrogen and oxygen atoms in total. The highest BCUT2D eigenvalue weighted by molar-refractivity contribution is 9.10. The van der Waals surface area contributed by atoms with Gasteiger partial charge in [-0.1, -0.05) is 51.9 Å². The molecule has 3 N–H and O–H groups in total. The molecule has 19 heavy (non-hydrogen) atoms.